The van der Waals surface area contributed by atoms with Crippen molar-refractivity contribution in [3.8, 4) is 5.82 Å². The quantitative estimate of drug-likeness (QED) is 0.799. The third-order valence-electron chi connectivity index (χ3n) is 3.81. The van der Waals surface area contributed by atoms with Crippen molar-refractivity contribution < 1.29 is 0 Å². The minimum absolute atomic E-state index is 0.197. The first kappa shape index (κ1) is 13.8. The molecule has 0 spiro atoms. The van der Waals surface area contributed by atoms with E-state index in [0.29, 0.717) is 0 Å². The molecule has 4 nitrogen and oxygen atoms in total. The molecular formula is C17H20N4. The summed E-state index contributed by atoms with van der Waals surface area (Å²) in [5, 5.41) is 5.58. The molecule has 0 bridgehead atoms. The predicted octanol–water partition coefficient (Wildman–Crippen LogP) is 3.01. The average Bonchev–Trinajstić information content (AvgIpc) is 2.91. The van der Waals surface area contributed by atoms with E-state index in [9.17, 15) is 0 Å². The molecular weight excluding hydrogens is 260 g/mol. The van der Waals surface area contributed by atoms with Gasteiger partial charge in [-0.05, 0) is 37.0 Å². The van der Waals surface area contributed by atoms with Crippen LogP contribution in [0.4, 0.5) is 0 Å². The maximum absolute atomic E-state index is 6.02. The Hall–Kier alpha value is -2.20. The van der Waals surface area contributed by atoms with Crippen LogP contribution in [0.2, 0.25) is 0 Å². The van der Waals surface area contributed by atoms with E-state index in [4.69, 9.17) is 5.73 Å². The molecule has 0 aliphatic carbocycles. The Balaban J connectivity index is 1.99. The monoisotopic (exact) mass is 280 g/mol. The Morgan fingerprint density at radius 3 is 2.81 bits per heavy atom. The fourth-order valence-electron chi connectivity index (χ4n) is 2.55. The van der Waals surface area contributed by atoms with E-state index in [1.807, 2.05) is 29.2 Å². The maximum atomic E-state index is 6.02. The lowest BCUT2D eigenvalue weighted by atomic mass is 10.1. The highest BCUT2D eigenvalue weighted by atomic mass is 15.3. The van der Waals surface area contributed by atoms with Crippen molar-refractivity contribution in [1.82, 2.24) is 14.8 Å². The number of nitrogens with zero attached hydrogens (tertiary/aromatic N) is 3. The number of aryl methyl sites for hydroxylation is 1. The average molecular weight is 280 g/mol. The summed E-state index contributed by atoms with van der Waals surface area (Å²) in [6.07, 6.45) is 5.63. The zero-order chi connectivity index (χ0) is 14.8. The van der Waals surface area contributed by atoms with Gasteiger partial charge in [0.2, 0.25) is 0 Å². The summed E-state index contributed by atoms with van der Waals surface area (Å²) >= 11 is 0. The third kappa shape index (κ3) is 2.67. The molecule has 2 N–H and O–H groups in total. The fraction of sp³-hybridized carbons (Fsp3) is 0.294. The van der Waals surface area contributed by atoms with Crippen LogP contribution in [0.1, 0.15) is 24.5 Å². The second-order valence-electron chi connectivity index (χ2n) is 5.47. The van der Waals surface area contributed by atoms with Crippen LogP contribution in [0.3, 0.4) is 0 Å². The molecule has 1 unspecified atom stereocenters. The number of pyridine rings is 1. The van der Waals surface area contributed by atoms with Gasteiger partial charge in [0.25, 0.3) is 0 Å². The normalized spacial score (nSPS) is 12.7. The predicted molar refractivity (Wildman–Crippen MR) is 85.6 cm³/mol. The SMILES string of the molecule is CCC(N)Cc1cnc(-n2ncc3ccccc32)c(C)c1. The fourth-order valence-corrected chi connectivity index (χ4v) is 2.55. The summed E-state index contributed by atoms with van der Waals surface area (Å²) in [6, 6.07) is 10.5. The summed E-state index contributed by atoms with van der Waals surface area (Å²) in [5.74, 6) is 0.880. The van der Waals surface area contributed by atoms with Gasteiger partial charge in [-0.25, -0.2) is 9.67 Å². The van der Waals surface area contributed by atoms with E-state index in [2.05, 4.69) is 42.1 Å². The Morgan fingerprint density at radius 1 is 1.24 bits per heavy atom. The highest BCUT2D eigenvalue weighted by Gasteiger charge is 2.10. The van der Waals surface area contributed by atoms with Gasteiger partial charge < -0.3 is 5.73 Å². The van der Waals surface area contributed by atoms with E-state index in [0.717, 1.165) is 35.1 Å². The molecule has 0 aliphatic rings. The lowest BCUT2D eigenvalue weighted by molar-refractivity contribution is 0.644. The third-order valence-corrected chi connectivity index (χ3v) is 3.81. The minimum atomic E-state index is 0.197. The standard InChI is InChI=1S/C17H20N4/c1-3-15(18)9-13-8-12(2)17(19-10-13)21-16-7-5-4-6-14(16)11-20-21/h4-8,10-11,15H,3,9,18H2,1-2H3. The van der Waals surface area contributed by atoms with Crippen molar-refractivity contribution in [2.75, 3.05) is 0 Å². The first-order valence-electron chi connectivity index (χ1n) is 7.33. The van der Waals surface area contributed by atoms with Crippen LogP contribution in [0, 0.1) is 6.92 Å². The summed E-state index contributed by atoms with van der Waals surface area (Å²) in [7, 11) is 0. The molecule has 0 amide bonds. The van der Waals surface area contributed by atoms with Gasteiger partial charge in [-0.3, -0.25) is 0 Å². The van der Waals surface area contributed by atoms with E-state index < -0.39 is 0 Å². The minimum Gasteiger partial charge on any atom is -0.327 e. The van der Waals surface area contributed by atoms with Gasteiger partial charge in [-0.2, -0.15) is 5.10 Å². The van der Waals surface area contributed by atoms with E-state index in [1.54, 1.807) is 0 Å². The number of nitrogens with two attached hydrogens (primary N) is 1. The van der Waals surface area contributed by atoms with Crippen LogP contribution in [0.5, 0.6) is 0 Å². The molecule has 0 radical (unpaired) electrons. The number of hydrogen-bond acceptors (Lipinski definition) is 3. The second-order valence-corrected chi connectivity index (χ2v) is 5.47. The Labute approximate surface area is 124 Å². The van der Waals surface area contributed by atoms with Gasteiger partial charge in [0.15, 0.2) is 5.82 Å². The molecule has 0 fully saturated rings. The molecule has 1 aromatic carbocycles. The molecule has 2 aromatic heterocycles. The van der Waals surface area contributed by atoms with Crippen LogP contribution in [-0.2, 0) is 6.42 Å². The van der Waals surface area contributed by atoms with Crippen LogP contribution in [0.25, 0.3) is 16.7 Å². The second kappa shape index (κ2) is 5.66. The first-order chi connectivity index (χ1) is 10.2. The molecule has 0 saturated heterocycles. The molecule has 21 heavy (non-hydrogen) atoms. The van der Waals surface area contributed by atoms with Crippen molar-refractivity contribution in [2.45, 2.75) is 32.7 Å². The Bertz CT molecular complexity index is 760. The van der Waals surface area contributed by atoms with Crippen molar-refractivity contribution in [3.63, 3.8) is 0 Å². The molecule has 108 valence electrons. The highest BCUT2D eigenvalue weighted by Crippen LogP contribution is 2.20. The van der Waals surface area contributed by atoms with Gasteiger partial charge in [0.1, 0.15) is 0 Å². The molecule has 2 heterocycles. The van der Waals surface area contributed by atoms with E-state index in [-0.39, 0.29) is 6.04 Å². The highest BCUT2D eigenvalue weighted by molar-refractivity contribution is 5.79. The molecule has 0 aliphatic heterocycles. The number of rotatable bonds is 4. The summed E-state index contributed by atoms with van der Waals surface area (Å²) in [6.45, 7) is 4.18. The van der Waals surface area contributed by atoms with Crippen LogP contribution >= 0.6 is 0 Å². The van der Waals surface area contributed by atoms with Crippen molar-refractivity contribution >= 4 is 10.9 Å². The lowest BCUT2D eigenvalue weighted by Crippen LogP contribution is -2.21. The number of para-hydroxylation sites is 1. The maximum Gasteiger partial charge on any atom is 0.156 e. The Morgan fingerprint density at radius 2 is 2.05 bits per heavy atom. The van der Waals surface area contributed by atoms with Gasteiger partial charge >= 0.3 is 0 Å². The van der Waals surface area contributed by atoms with Gasteiger partial charge in [0.05, 0.1) is 11.7 Å². The van der Waals surface area contributed by atoms with Gasteiger partial charge in [-0.15, -0.1) is 0 Å². The zero-order valence-corrected chi connectivity index (χ0v) is 12.5. The summed E-state index contributed by atoms with van der Waals surface area (Å²) < 4.78 is 1.90. The largest absolute Gasteiger partial charge is 0.327 e. The van der Waals surface area contributed by atoms with Crippen LogP contribution in [-0.4, -0.2) is 20.8 Å². The van der Waals surface area contributed by atoms with Crippen LogP contribution < -0.4 is 5.73 Å². The van der Waals surface area contributed by atoms with Crippen molar-refractivity contribution in [1.29, 1.82) is 0 Å². The van der Waals surface area contributed by atoms with Crippen molar-refractivity contribution in [2.24, 2.45) is 5.73 Å². The summed E-state index contributed by atoms with van der Waals surface area (Å²) in [5.41, 5.74) is 9.39. The van der Waals surface area contributed by atoms with Crippen molar-refractivity contribution in [3.05, 3.63) is 53.9 Å². The molecule has 0 saturated carbocycles. The lowest BCUT2D eigenvalue weighted by Gasteiger charge is -2.11. The number of benzene rings is 1. The molecule has 3 rings (SSSR count). The smallest absolute Gasteiger partial charge is 0.156 e. The zero-order valence-electron chi connectivity index (χ0n) is 12.5. The molecule has 1 atom stereocenters. The summed E-state index contributed by atoms with van der Waals surface area (Å²) in [4.78, 5) is 4.60. The Kier molecular flexibility index (Phi) is 3.71. The van der Waals surface area contributed by atoms with E-state index >= 15 is 0 Å². The molecule has 3 aromatic rings. The topological polar surface area (TPSA) is 56.7 Å². The first-order valence-corrected chi connectivity index (χ1v) is 7.33. The van der Waals surface area contributed by atoms with Gasteiger partial charge in [0, 0.05) is 17.6 Å². The van der Waals surface area contributed by atoms with E-state index in [1.165, 1.54) is 5.56 Å². The number of hydrogen-bond donors (Lipinski definition) is 1. The number of aromatic nitrogens is 3. The van der Waals surface area contributed by atoms with Crippen LogP contribution in [0.15, 0.2) is 42.7 Å². The van der Waals surface area contributed by atoms with Gasteiger partial charge in [-0.1, -0.05) is 31.2 Å². The molecule has 4 heteroatoms. The number of fused-ring (bicyclic) bond motifs is 1.